The zero-order chi connectivity index (χ0) is 13.4. The fourth-order valence-electron chi connectivity index (χ4n) is 1.57. The molecular weight excluding hydrogens is 224 g/mol. The molecule has 0 saturated carbocycles. The third-order valence-electron chi connectivity index (χ3n) is 3.04. The van der Waals surface area contributed by atoms with Gasteiger partial charge in [0, 0.05) is 18.2 Å². The van der Waals surface area contributed by atoms with E-state index in [1.165, 1.54) is 5.56 Å². The van der Waals surface area contributed by atoms with E-state index in [0.29, 0.717) is 0 Å². The first-order valence-electron chi connectivity index (χ1n) is 6.77. The van der Waals surface area contributed by atoms with Crippen LogP contribution in [-0.4, -0.2) is 12.5 Å². The number of carbonyl (C=O) groups excluding carboxylic acids is 1. The highest BCUT2D eigenvalue weighted by molar-refractivity contribution is 5.92. The lowest BCUT2D eigenvalue weighted by molar-refractivity contribution is -0.119. The first-order chi connectivity index (χ1) is 8.67. The van der Waals surface area contributed by atoms with Crippen LogP contribution in [0.4, 0.5) is 5.69 Å². The Labute approximate surface area is 110 Å². The molecule has 0 spiro atoms. The van der Waals surface area contributed by atoms with Gasteiger partial charge in [-0.25, -0.2) is 0 Å². The van der Waals surface area contributed by atoms with Gasteiger partial charge in [-0.2, -0.15) is 0 Å². The molecule has 1 amide bonds. The van der Waals surface area contributed by atoms with E-state index in [1.807, 2.05) is 26.0 Å². The fraction of sp³-hybridized carbons (Fsp3) is 0.533. The normalized spacial score (nSPS) is 12.2. The van der Waals surface area contributed by atoms with Crippen LogP contribution in [0, 0.1) is 5.92 Å². The molecule has 1 aromatic rings. The predicted octanol–water partition coefficient (Wildman–Crippen LogP) is 3.17. The summed E-state index contributed by atoms with van der Waals surface area (Å²) < 4.78 is 0. The lowest BCUT2D eigenvalue weighted by Crippen LogP contribution is -2.19. The molecule has 0 bridgehead atoms. The summed E-state index contributed by atoms with van der Waals surface area (Å²) in [6.07, 6.45) is 2.01. The SMILES string of the molecule is CCCNCc1ccc(NC(=O)C(C)CC)cc1. The quantitative estimate of drug-likeness (QED) is 0.728. The molecule has 0 aromatic heterocycles. The van der Waals surface area contributed by atoms with E-state index in [-0.39, 0.29) is 11.8 Å². The molecule has 1 aromatic carbocycles. The van der Waals surface area contributed by atoms with Crippen molar-refractivity contribution < 1.29 is 4.79 Å². The van der Waals surface area contributed by atoms with Crippen molar-refractivity contribution in [2.75, 3.05) is 11.9 Å². The van der Waals surface area contributed by atoms with Gasteiger partial charge in [0.05, 0.1) is 0 Å². The van der Waals surface area contributed by atoms with Crippen molar-refractivity contribution in [3.05, 3.63) is 29.8 Å². The topological polar surface area (TPSA) is 41.1 Å². The number of hydrogen-bond donors (Lipinski definition) is 2. The van der Waals surface area contributed by atoms with Gasteiger partial charge in [-0.3, -0.25) is 4.79 Å². The molecule has 3 heteroatoms. The van der Waals surface area contributed by atoms with E-state index in [1.54, 1.807) is 0 Å². The second kappa shape index (κ2) is 7.88. The molecule has 1 atom stereocenters. The molecule has 18 heavy (non-hydrogen) atoms. The fourth-order valence-corrected chi connectivity index (χ4v) is 1.57. The summed E-state index contributed by atoms with van der Waals surface area (Å²) in [5.41, 5.74) is 2.12. The molecular formula is C15H24N2O. The number of hydrogen-bond acceptors (Lipinski definition) is 2. The first-order valence-corrected chi connectivity index (χ1v) is 6.77. The maximum Gasteiger partial charge on any atom is 0.227 e. The molecule has 0 radical (unpaired) electrons. The van der Waals surface area contributed by atoms with Gasteiger partial charge in [0.25, 0.3) is 0 Å². The van der Waals surface area contributed by atoms with Crippen LogP contribution in [0.3, 0.4) is 0 Å². The molecule has 0 heterocycles. The summed E-state index contributed by atoms with van der Waals surface area (Å²) >= 11 is 0. The Balaban J connectivity index is 2.47. The largest absolute Gasteiger partial charge is 0.326 e. The maximum atomic E-state index is 11.7. The standard InChI is InChI=1S/C15H24N2O/c1-4-10-16-11-13-6-8-14(9-7-13)17-15(18)12(3)5-2/h6-9,12,16H,4-5,10-11H2,1-3H3,(H,17,18). The molecule has 0 fully saturated rings. The molecule has 1 rings (SSSR count). The van der Waals surface area contributed by atoms with E-state index in [0.717, 1.165) is 31.6 Å². The summed E-state index contributed by atoms with van der Waals surface area (Å²) in [6.45, 7) is 8.03. The third-order valence-corrected chi connectivity index (χ3v) is 3.04. The highest BCUT2D eigenvalue weighted by Gasteiger charge is 2.09. The van der Waals surface area contributed by atoms with Crippen LogP contribution in [0.2, 0.25) is 0 Å². The summed E-state index contributed by atoms with van der Waals surface area (Å²) in [7, 11) is 0. The summed E-state index contributed by atoms with van der Waals surface area (Å²) in [5, 5.41) is 6.28. The van der Waals surface area contributed by atoms with Crippen molar-refractivity contribution in [2.45, 2.75) is 40.2 Å². The number of nitrogens with one attached hydrogen (secondary N) is 2. The van der Waals surface area contributed by atoms with Gasteiger partial charge in [-0.05, 0) is 37.1 Å². The van der Waals surface area contributed by atoms with Crippen LogP contribution >= 0.6 is 0 Å². The number of carbonyl (C=O) groups is 1. The van der Waals surface area contributed by atoms with E-state index in [9.17, 15) is 4.79 Å². The number of benzene rings is 1. The number of rotatable bonds is 7. The zero-order valence-corrected chi connectivity index (χ0v) is 11.6. The molecule has 0 aliphatic heterocycles. The second-order valence-corrected chi connectivity index (χ2v) is 4.67. The van der Waals surface area contributed by atoms with Crippen LogP contribution in [0.25, 0.3) is 0 Å². The first kappa shape index (κ1) is 14.7. The van der Waals surface area contributed by atoms with Gasteiger partial charge in [0.15, 0.2) is 0 Å². The Morgan fingerprint density at radius 2 is 1.89 bits per heavy atom. The molecule has 1 unspecified atom stereocenters. The number of amides is 1. The van der Waals surface area contributed by atoms with E-state index < -0.39 is 0 Å². The monoisotopic (exact) mass is 248 g/mol. The summed E-state index contributed by atoms with van der Waals surface area (Å²) in [4.78, 5) is 11.7. The predicted molar refractivity (Wildman–Crippen MR) is 76.5 cm³/mol. The van der Waals surface area contributed by atoms with Crippen molar-refractivity contribution in [1.82, 2.24) is 5.32 Å². The average Bonchev–Trinajstić information content (AvgIpc) is 2.40. The Kier molecular flexibility index (Phi) is 6.44. The van der Waals surface area contributed by atoms with E-state index >= 15 is 0 Å². The van der Waals surface area contributed by atoms with Gasteiger partial charge in [0.1, 0.15) is 0 Å². The molecule has 2 N–H and O–H groups in total. The molecule has 100 valence electrons. The van der Waals surface area contributed by atoms with Crippen LogP contribution in [-0.2, 0) is 11.3 Å². The van der Waals surface area contributed by atoms with E-state index in [4.69, 9.17) is 0 Å². The van der Waals surface area contributed by atoms with Gasteiger partial charge in [-0.15, -0.1) is 0 Å². The summed E-state index contributed by atoms with van der Waals surface area (Å²) in [5.74, 6) is 0.158. The Morgan fingerprint density at radius 3 is 2.44 bits per heavy atom. The average molecular weight is 248 g/mol. The third kappa shape index (κ3) is 4.88. The minimum Gasteiger partial charge on any atom is -0.326 e. The zero-order valence-electron chi connectivity index (χ0n) is 11.6. The Hall–Kier alpha value is -1.35. The second-order valence-electron chi connectivity index (χ2n) is 4.67. The van der Waals surface area contributed by atoms with Gasteiger partial charge in [-0.1, -0.05) is 32.9 Å². The van der Waals surface area contributed by atoms with Crippen molar-refractivity contribution in [2.24, 2.45) is 5.92 Å². The van der Waals surface area contributed by atoms with Crippen molar-refractivity contribution >= 4 is 11.6 Å². The molecule has 0 aliphatic carbocycles. The van der Waals surface area contributed by atoms with Crippen LogP contribution in [0.1, 0.15) is 39.2 Å². The van der Waals surface area contributed by atoms with Crippen molar-refractivity contribution in [3.8, 4) is 0 Å². The van der Waals surface area contributed by atoms with Gasteiger partial charge < -0.3 is 10.6 Å². The molecule has 0 saturated heterocycles. The Bertz CT molecular complexity index is 359. The lowest BCUT2D eigenvalue weighted by Gasteiger charge is -2.10. The van der Waals surface area contributed by atoms with Gasteiger partial charge >= 0.3 is 0 Å². The van der Waals surface area contributed by atoms with Crippen LogP contribution in [0.15, 0.2) is 24.3 Å². The highest BCUT2D eigenvalue weighted by atomic mass is 16.1. The smallest absolute Gasteiger partial charge is 0.227 e. The maximum absolute atomic E-state index is 11.7. The van der Waals surface area contributed by atoms with Crippen LogP contribution < -0.4 is 10.6 Å². The number of anilines is 1. The highest BCUT2D eigenvalue weighted by Crippen LogP contribution is 2.12. The Morgan fingerprint density at radius 1 is 1.22 bits per heavy atom. The summed E-state index contributed by atoms with van der Waals surface area (Å²) in [6, 6.07) is 8.02. The van der Waals surface area contributed by atoms with E-state index in [2.05, 4.69) is 29.7 Å². The minimum atomic E-state index is 0.0656. The van der Waals surface area contributed by atoms with Crippen molar-refractivity contribution in [3.63, 3.8) is 0 Å². The lowest BCUT2D eigenvalue weighted by atomic mass is 10.1. The van der Waals surface area contributed by atoms with Gasteiger partial charge in [0.2, 0.25) is 5.91 Å². The van der Waals surface area contributed by atoms with Crippen molar-refractivity contribution in [1.29, 1.82) is 0 Å². The minimum absolute atomic E-state index is 0.0656. The molecule has 0 aliphatic rings. The molecule has 3 nitrogen and oxygen atoms in total. The van der Waals surface area contributed by atoms with Crippen LogP contribution in [0.5, 0.6) is 0 Å².